The molecule has 3 aromatic rings. The second-order valence-electron chi connectivity index (χ2n) is 7.85. The van der Waals surface area contributed by atoms with Gasteiger partial charge in [0.15, 0.2) is 5.75 Å². The van der Waals surface area contributed by atoms with Crippen LogP contribution in [0.2, 0.25) is 0 Å². The van der Waals surface area contributed by atoms with Crippen molar-refractivity contribution in [2.75, 3.05) is 13.7 Å². The summed E-state index contributed by atoms with van der Waals surface area (Å²) in [6, 6.07) is 8.94. The molecule has 8 heteroatoms. The molecule has 1 aromatic heterocycles. The number of fused-ring (bicyclic) bond motifs is 1. The van der Waals surface area contributed by atoms with Gasteiger partial charge in [-0.1, -0.05) is 12.1 Å². The molecular weight excluding hydrogens is 403 g/mol. The second kappa shape index (κ2) is 8.69. The number of nitrogens with one attached hydrogen (secondary N) is 1. The summed E-state index contributed by atoms with van der Waals surface area (Å²) < 4.78 is 17.9. The van der Waals surface area contributed by atoms with E-state index in [0.29, 0.717) is 11.8 Å². The van der Waals surface area contributed by atoms with Crippen molar-refractivity contribution in [3.63, 3.8) is 0 Å². The zero-order valence-electron chi connectivity index (χ0n) is 17.4. The Morgan fingerprint density at radius 2 is 1.81 bits per heavy atom. The number of methoxy groups -OCH3 is 1. The van der Waals surface area contributed by atoms with Crippen LogP contribution in [0.25, 0.3) is 10.9 Å². The van der Waals surface area contributed by atoms with Crippen molar-refractivity contribution < 1.29 is 28.9 Å². The number of esters is 1. The van der Waals surface area contributed by atoms with Crippen LogP contribution in [0, 0.1) is 5.82 Å². The molecule has 0 spiro atoms. The van der Waals surface area contributed by atoms with Gasteiger partial charge in [0.05, 0.1) is 19.3 Å². The van der Waals surface area contributed by atoms with Crippen molar-refractivity contribution in [3.8, 4) is 5.75 Å². The first-order chi connectivity index (χ1) is 14.6. The molecule has 1 heterocycles. The highest BCUT2D eigenvalue weighted by molar-refractivity contribution is 6.11. The molecule has 31 heavy (non-hydrogen) atoms. The number of aromatic nitrogens is 1. The Labute approximate surface area is 178 Å². The number of benzene rings is 2. The minimum atomic E-state index is -0.911. The summed E-state index contributed by atoms with van der Waals surface area (Å²) in [7, 11) is 1.17. The number of phenolic OH excluding ortho intramolecular Hbond substituents is 1. The Balaban J connectivity index is 2.14. The van der Waals surface area contributed by atoms with E-state index in [-0.39, 0.29) is 29.1 Å². The van der Waals surface area contributed by atoms with Gasteiger partial charge in [-0.15, -0.1) is 0 Å². The quantitative estimate of drug-likeness (QED) is 0.523. The van der Waals surface area contributed by atoms with E-state index >= 15 is 0 Å². The Hall–Kier alpha value is -3.52. The smallest absolute Gasteiger partial charge is 0.341 e. The number of carbonyl (C=O) groups excluding carboxylic acids is 2. The zero-order valence-corrected chi connectivity index (χ0v) is 17.4. The minimum absolute atomic E-state index is 0.0673. The molecule has 7 nitrogen and oxygen atoms in total. The molecule has 3 N–H and O–H groups in total. The maximum Gasteiger partial charge on any atom is 0.341 e. The van der Waals surface area contributed by atoms with Crippen molar-refractivity contribution in [3.05, 3.63) is 70.7 Å². The second-order valence-corrected chi connectivity index (χ2v) is 7.85. The molecule has 0 bridgehead atoms. The van der Waals surface area contributed by atoms with Crippen LogP contribution in [-0.2, 0) is 11.2 Å². The molecule has 2 aromatic carbocycles. The number of aliphatic hydroxyl groups excluding tert-OH is 1. The normalized spacial score (nSPS) is 11.4. The fourth-order valence-corrected chi connectivity index (χ4v) is 3.12. The number of nitrogens with zero attached hydrogens (tertiary/aromatic N) is 1. The fourth-order valence-electron chi connectivity index (χ4n) is 3.12. The lowest BCUT2D eigenvalue weighted by atomic mass is 9.97. The summed E-state index contributed by atoms with van der Waals surface area (Å²) in [5, 5.41) is 23.1. The number of aromatic hydroxyl groups is 1. The van der Waals surface area contributed by atoms with Crippen LogP contribution in [0.3, 0.4) is 0 Å². The van der Waals surface area contributed by atoms with Crippen molar-refractivity contribution >= 4 is 22.8 Å². The molecule has 0 unspecified atom stereocenters. The molecule has 0 aliphatic rings. The topological polar surface area (TPSA) is 109 Å². The first kappa shape index (κ1) is 22.2. The summed E-state index contributed by atoms with van der Waals surface area (Å²) in [5.74, 6) is -2.10. The highest BCUT2D eigenvalue weighted by Crippen LogP contribution is 2.32. The number of rotatable bonds is 6. The van der Waals surface area contributed by atoms with Crippen molar-refractivity contribution in [1.82, 2.24) is 10.3 Å². The highest BCUT2D eigenvalue weighted by atomic mass is 19.1. The molecule has 3 rings (SSSR count). The molecule has 0 atom stereocenters. The average molecular weight is 426 g/mol. The molecule has 162 valence electrons. The number of aliphatic hydroxyl groups is 1. The van der Waals surface area contributed by atoms with Gasteiger partial charge < -0.3 is 20.3 Å². The first-order valence-electron chi connectivity index (χ1n) is 9.56. The highest BCUT2D eigenvalue weighted by Gasteiger charge is 2.25. The summed E-state index contributed by atoms with van der Waals surface area (Å²) in [6.07, 6.45) is 1.94. The van der Waals surface area contributed by atoms with E-state index in [0.717, 1.165) is 11.1 Å². The summed E-state index contributed by atoms with van der Waals surface area (Å²) in [5.41, 5.74) is 0.623. The third kappa shape index (κ3) is 4.80. The number of hydrogen-bond acceptors (Lipinski definition) is 6. The maximum absolute atomic E-state index is 13.2. The lowest BCUT2D eigenvalue weighted by Gasteiger charge is -2.24. The number of phenols is 1. The van der Waals surface area contributed by atoms with Crippen molar-refractivity contribution in [2.45, 2.75) is 25.8 Å². The summed E-state index contributed by atoms with van der Waals surface area (Å²) >= 11 is 0. The zero-order chi connectivity index (χ0) is 22.8. The molecule has 0 fully saturated rings. The number of pyridine rings is 1. The van der Waals surface area contributed by atoms with Crippen LogP contribution in [0.1, 0.15) is 45.7 Å². The molecule has 0 aliphatic carbocycles. The van der Waals surface area contributed by atoms with E-state index in [4.69, 9.17) is 4.74 Å². The standard InChI is InChI=1S/C23H23FN2O5/c1-23(2,12-27)26-21(29)17-10-18(22(30)31-3)20(28)19-16(17)9-14(11-25-19)8-13-4-6-15(24)7-5-13/h4-7,9-11,27-28H,8,12H2,1-3H3,(H,26,29). The van der Waals surface area contributed by atoms with Crippen LogP contribution in [-0.4, -0.2) is 46.3 Å². The largest absolute Gasteiger partial charge is 0.505 e. The number of carbonyl (C=O) groups is 2. The maximum atomic E-state index is 13.2. The lowest BCUT2D eigenvalue weighted by Crippen LogP contribution is -2.46. The number of ether oxygens (including phenoxy) is 1. The molecule has 0 aliphatic heterocycles. The number of hydrogen-bond donors (Lipinski definition) is 3. The van der Waals surface area contributed by atoms with Gasteiger partial charge in [0.2, 0.25) is 0 Å². The third-order valence-electron chi connectivity index (χ3n) is 4.82. The SMILES string of the molecule is COC(=O)c1cc(C(=O)NC(C)(C)CO)c2cc(Cc3ccc(F)cc3)cnc2c1O. The van der Waals surface area contributed by atoms with Gasteiger partial charge in [0.1, 0.15) is 16.9 Å². The van der Waals surface area contributed by atoms with Crippen molar-refractivity contribution in [1.29, 1.82) is 0 Å². The summed E-state index contributed by atoms with van der Waals surface area (Å²) in [6.45, 7) is 2.99. The van der Waals surface area contributed by atoms with E-state index < -0.39 is 23.2 Å². The molecule has 0 saturated carbocycles. The Morgan fingerprint density at radius 3 is 2.42 bits per heavy atom. The van der Waals surface area contributed by atoms with Gasteiger partial charge in [0, 0.05) is 17.1 Å². The van der Waals surface area contributed by atoms with Crippen LogP contribution in [0.4, 0.5) is 4.39 Å². The predicted octanol–water partition coefficient (Wildman–Crippen LogP) is 2.96. The monoisotopic (exact) mass is 426 g/mol. The van der Waals surface area contributed by atoms with Gasteiger partial charge >= 0.3 is 5.97 Å². The van der Waals surface area contributed by atoms with Gasteiger partial charge in [-0.2, -0.15) is 0 Å². The average Bonchev–Trinajstić information content (AvgIpc) is 2.74. The van der Waals surface area contributed by atoms with Gasteiger partial charge in [-0.05, 0) is 55.7 Å². The van der Waals surface area contributed by atoms with E-state index in [1.807, 2.05) is 0 Å². The van der Waals surface area contributed by atoms with Crippen molar-refractivity contribution in [2.24, 2.45) is 0 Å². The van der Waals surface area contributed by atoms with E-state index in [1.165, 1.54) is 31.5 Å². The van der Waals surface area contributed by atoms with Crippen LogP contribution < -0.4 is 5.32 Å². The van der Waals surface area contributed by atoms with Crippen LogP contribution in [0.15, 0.2) is 42.6 Å². The Morgan fingerprint density at radius 1 is 1.13 bits per heavy atom. The van der Waals surface area contributed by atoms with E-state index in [9.17, 15) is 24.2 Å². The van der Waals surface area contributed by atoms with Gasteiger partial charge in [0.25, 0.3) is 5.91 Å². The molecule has 1 amide bonds. The Kier molecular flexibility index (Phi) is 6.21. The number of halogens is 1. The minimum Gasteiger partial charge on any atom is -0.505 e. The first-order valence-corrected chi connectivity index (χ1v) is 9.56. The molecule has 0 saturated heterocycles. The molecule has 0 radical (unpaired) electrons. The van der Waals surface area contributed by atoms with Gasteiger partial charge in [-0.25, -0.2) is 9.18 Å². The Bertz CT molecular complexity index is 1140. The third-order valence-corrected chi connectivity index (χ3v) is 4.82. The van der Waals surface area contributed by atoms with E-state index in [1.54, 1.807) is 32.0 Å². The predicted molar refractivity (Wildman–Crippen MR) is 113 cm³/mol. The van der Waals surface area contributed by atoms with Crippen LogP contribution >= 0.6 is 0 Å². The van der Waals surface area contributed by atoms with Gasteiger partial charge in [-0.3, -0.25) is 9.78 Å². The lowest BCUT2D eigenvalue weighted by molar-refractivity contribution is 0.0597. The molecular formula is C23H23FN2O5. The summed E-state index contributed by atoms with van der Waals surface area (Å²) in [4.78, 5) is 29.4. The van der Waals surface area contributed by atoms with Crippen LogP contribution in [0.5, 0.6) is 5.75 Å². The van der Waals surface area contributed by atoms with E-state index in [2.05, 4.69) is 10.3 Å². The number of amides is 1. The fraction of sp³-hybridized carbons (Fsp3) is 0.261.